The highest BCUT2D eigenvalue weighted by Crippen LogP contribution is 2.20. The Morgan fingerprint density at radius 2 is 2.46 bits per heavy atom. The number of hydrogen-bond donors (Lipinski definition) is 0. The third-order valence-electron chi connectivity index (χ3n) is 2.59. The zero-order valence-corrected chi connectivity index (χ0v) is 8.12. The SMILES string of the molecule is CCC1CC(=O)N(CCCC#N)C1. The van der Waals surface area contributed by atoms with Crippen molar-refractivity contribution >= 4 is 5.91 Å². The van der Waals surface area contributed by atoms with Crippen LogP contribution in [0.2, 0.25) is 0 Å². The van der Waals surface area contributed by atoms with Gasteiger partial charge in [0.05, 0.1) is 6.07 Å². The van der Waals surface area contributed by atoms with Crippen LogP contribution in [-0.4, -0.2) is 23.9 Å². The van der Waals surface area contributed by atoms with E-state index in [1.165, 1.54) is 0 Å². The van der Waals surface area contributed by atoms with Gasteiger partial charge < -0.3 is 4.90 Å². The predicted octanol–water partition coefficient (Wildman–Crippen LogP) is 1.55. The lowest BCUT2D eigenvalue weighted by molar-refractivity contribution is -0.127. The first-order chi connectivity index (χ1) is 6.27. The molecule has 1 amide bonds. The van der Waals surface area contributed by atoms with Crippen LogP contribution in [0, 0.1) is 17.2 Å². The van der Waals surface area contributed by atoms with Crippen molar-refractivity contribution in [3.8, 4) is 6.07 Å². The maximum Gasteiger partial charge on any atom is 0.222 e. The molecule has 72 valence electrons. The summed E-state index contributed by atoms with van der Waals surface area (Å²) in [5, 5.41) is 8.35. The number of likely N-dealkylation sites (tertiary alicyclic amines) is 1. The van der Waals surface area contributed by atoms with Crippen LogP contribution in [0.5, 0.6) is 0 Å². The first-order valence-electron chi connectivity index (χ1n) is 4.92. The molecule has 1 heterocycles. The maximum atomic E-state index is 11.4. The molecule has 1 fully saturated rings. The summed E-state index contributed by atoms with van der Waals surface area (Å²) >= 11 is 0. The van der Waals surface area contributed by atoms with E-state index < -0.39 is 0 Å². The highest BCUT2D eigenvalue weighted by Gasteiger charge is 2.27. The molecule has 1 aliphatic heterocycles. The van der Waals surface area contributed by atoms with Crippen molar-refractivity contribution in [1.29, 1.82) is 5.26 Å². The fraction of sp³-hybridized carbons (Fsp3) is 0.800. The predicted molar refractivity (Wildman–Crippen MR) is 49.8 cm³/mol. The van der Waals surface area contributed by atoms with Crippen molar-refractivity contribution in [3.05, 3.63) is 0 Å². The minimum atomic E-state index is 0.268. The number of nitriles is 1. The average molecular weight is 180 g/mol. The van der Waals surface area contributed by atoms with Gasteiger partial charge in [0, 0.05) is 25.9 Å². The molecule has 3 heteroatoms. The first kappa shape index (κ1) is 10.0. The van der Waals surface area contributed by atoms with Crippen LogP contribution in [0.3, 0.4) is 0 Å². The van der Waals surface area contributed by atoms with E-state index in [-0.39, 0.29) is 5.91 Å². The Morgan fingerprint density at radius 3 is 3.00 bits per heavy atom. The summed E-state index contributed by atoms with van der Waals surface area (Å²) < 4.78 is 0. The van der Waals surface area contributed by atoms with Gasteiger partial charge in [-0.2, -0.15) is 5.26 Å². The highest BCUT2D eigenvalue weighted by atomic mass is 16.2. The average Bonchev–Trinajstić information content (AvgIpc) is 2.48. The Kier molecular flexibility index (Phi) is 3.75. The number of carbonyl (C=O) groups is 1. The molecule has 1 saturated heterocycles. The van der Waals surface area contributed by atoms with Crippen molar-refractivity contribution in [3.63, 3.8) is 0 Å². The summed E-state index contributed by atoms with van der Waals surface area (Å²) in [6.45, 7) is 3.79. The molecule has 0 aromatic carbocycles. The second-order valence-electron chi connectivity index (χ2n) is 3.58. The minimum absolute atomic E-state index is 0.268. The summed E-state index contributed by atoms with van der Waals surface area (Å²) in [7, 11) is 0. The van der Waals surface area contributed by atoms with E-state index in [1.807, 2.05) is 4.90 Å². The lowest BCUT2D eigenvalue weighted by atomic mass is 10.1. The van der Waals surface area contributed by atoms with Crippen molar-refractivity contribution in [2.45, 2.75) is 32.6 Å². The van der Waals surface area contributed by atoms with E-state index in [1.54, 1.807) is 0 Å². The van der Waals surface area contributed by atoms with Gasteiger partial charge in [-0.3, -0.25) is 4.79 Å². The van der Waals surface area contributed by atoms with E-state index in [0.717, 1.165) is 25.9 Å². The van der Waals surface area contributed by atoms with Crippen molar-refractivity contribution in [2.24, 2.45) is 5.92 Å². The molecule has 0 aliphatic carbocycles. The van der Waals surface area contributed by atoms with E-state index in [9.17, 15) is 4.79 Å². The third-order valence-corrected chi connectivity index (χ3v) is 2.59. The molecule has 0 N–H and O–H groups in total. The highest BCUT2D eigenvalue weighted by molar-refractivity contribution is 5.78. The zero-order chi connectivity index (χ0) is 9.68. The summed E-state index contributed by atoms with van der Waals surface area (Å²) in [6, 6.07) is 2.09. The molecule has 0 saturated carbocycles. The Labute approximate surface area is 79.3 Å². The second kappa shape index (κ2) is 4.86. The van der Waals surface area contributed by atoms with Gasteiger partial charge in [0.25, 0.3) is 0 Å². The number of hydrogen-bond acceptors (Lipinski definition) is 2. The van der Waals surface area contributed by atoms with E-state index >= 15 is 0 Å². The molecule has 1 atom stereocenters. The molecule has 3 nitrogen and oxygen atoms in total. The van der Waals surface area contributed by atoms with Crippen LogP contribution >= 0.6 is 0 Å². The monoisotopic (exact) mass is 180 g/mol. The first-order valence-corrected chi connectivity index (χ1v) is 4.92. The van der Waals surface area contributed by atoms with E-state index in [4.69, 9.17) is 5.26 Å². The molecule has 1 unspecified atom stereocenters. The fourth-order valence-electron chi connectivity index (χ4n) is 1.69. The van der Waals surface area contributed by atoms with Crippen LogP contribution in [-0.2, 0) is 4.79 Å². The largest absolute Gasteiger partial charge is 0.342 e. The van der Waals surface area contributed by atoms with Crippen molar-refractivity contribution in [2.75, 3.05) is 13.1 Å². The lowest BCUT2D eigenvalue weighted by Crippen LogP contribution is -2.26. The molecule has 1 rings (SSSR count). The van der Waals surface area contributed by atoms with Gasteiger partial charge in [0.2, 0.25) is 5.91 Å². The Morgan fingerprint density at radius 1 is 1.69 bits per heavy atom. The van der Waals surface area contributed by atoms with Gasteiger partial charge in [0.1, 0.15) is 0 Å². The number of nitrogens with zero attached hydrogens (tertiary/aromatic N) is 2. The zero-order valence-electron chi connectivity index (χ0n) is 8.12. The number of unbranched alkanes of at least 4 members (excludes halogenated alkanes) is 1. The number of amides is 1. The number of rotatable bonds is 4. The normalized spacial score (nSPS) is 22.0. The smallest absolute Gasteiger partial charge is 0.222 e. The third kappa shape index (κ3) is 2.73. The van der Waals surface area contributed by atoms with Gasteiger partial charge in [-0.05, 0) is 12.3 Å². The summed E-state index contributed by atoms with van der Waals surface area (Å²) in [5.74, 6) is 0.819. The standard InChI is InChI=1S/C10H16N2O/c1-2-9-7-10(13)12(8-9)6-4-3-5-11/h9H,2-4,6-8H2,1H3. The van der Waals surface area contributed by atoms with Gasteiger partial charge in [-0.25, -0.2) is 0 Å². The van der Waals surface area contributed by atoms with Gasteiger partial charge >= 0.3 is 0 Å². The fourth-order valence-corrected chi connectivity index (χ4v) is 1.69. The molecule has 13 heavy (non-hydrogen) atoms. The van der Waals surface area contributed by atoms with Crippen LogP contribution < -0.4 is 0 Å². The molecule has 0 aromatic rings. The van der Waals surface area contributed by atoms with Crippen molar-refractivity contribution in [1.82, 2.24) is 4.90 Å². The molecule has 0 aromatic heterocycles. The summed E-state index contributed by atoms with van der Waals surface area (Å²) in [5.41, 5.74) is 0. The van der Waals surface area contributed by atoms with Crippen LogP contribution in [0.1, 0.15) is 32.6 Å². The minimum Gasteiger partial charge on any atom is -0.342 e. The molecule has 0 spiro atoms. The number of carbonyl (C=O) groups excluding carboxylic acids is 1. The van der Waals surface area contributed by atoms with Gasteiger partial charge in [-0.1, -0.05) is 13.3 Å². The molecule has 1 aliphatic rings. The van der Waals surface area contributed by atoms with Crippen LogP contribution in [0.15, 0.2) is 0 Å². The van der Waals surface area contributed by atoms with E-state index in [2.05, 4.69) is 13.0 Å². The summed E-state index contributed by atoms with van der Waals surface area (Å²) in [6.07, 6.45) is 3.17. The Hall–Kier alpha value is -1.04. The van der Waals surface area contributed by atoms with Crippen LogP contribution in [0.4, 0.5) is 0 Å². The Balaban J connectivity index is 2.27. The van der Waals surface area contributed by atoms with Gasteiger partial charge in [0.15, 0.2) is 0 Å². The molecular formula is C10H16N2O. The second-order valence-corrected chi connectivity index (χ2v) is 3.58. The van der Waals surface area contributed by atoms with E-state index in [0.29, 0.717) is 18.8 Å². The molecule has 0 radical (unpaired) electrons. The molecule has 0 bridgehead atoms. The van der Waals surface area contributed by atoms with Crippen LogP contribution in [0.25, 0.3) is 0 Å². The maximum absolute atomic E-state index is 11.4. The lowest BCUT2D eigenvalue weighted by Gasteiger charge is -2.14. The molecular weight excluding hydrogens is 164 g/mol. The Bertz CT molecular complexity index is 219. The topological polar surface area (TPSA) is 44.1 Å². The van der Waals surface area contributed by atoms with Gasteiger partial charge in [-0.15, -0.1) is 0 Å². The van der Waals surface area contributed by atoms with Crippen molar-refractivity contribution < 1.29 is 4.79 Å². The summed E-state index contributed by atoms with van der Waals surface area (Å²) in [4.78, 5) is 13.3. The quantitative estimate of drug-likeness (QED) is 0.616.